The average Bonchev–Trinajstić information content (AvgIpc) is 3.05. The van der Waals surface area contributed by atoms with Crippen molar-refractivity contribution in [1.29, 1.82) is 0 Å². The van der Waals surface area contributed by atoms with Crippen molar-refractivity contribution in [3.05, 3.63) is 94.6 Å². The first-order valence-electron chi connectivity index (χ1n) is 13.5. The van der Waals surface area contributed by atoms with E-state index in [0.717, 1.165) is 22.2 Å². The first-order valence-corrected chi connectivity index (χ1v) is 13.9. The molecule has 6 rings (SSSR count). The van der Waals surface area contributed by atoms with Crippen molar-refractivity contribution < 1.29 is 14.3 Å². The Balaban J connectivity index is 1.38. The fourth-order valence-corrected chi connectivity index (χ4v) is 6.41. The van der Waals surface area contributed by atoms with Crippen molar-refractivity contribution >= 4 is 40.3 Å². The lowest BCUT2D eigenvalue weighted by Crippen LogP contribution is -2.51. The summed E-state index contributed by atoms with van der Waals surface area (Å²) in [5.41, 5.74) is 2.77. The second-order valence-electron chi connectivity index (χ2n) is 11.4. The van der Waals surface area contributed by atoms with Crippen LogP contribution in [0.25, 0.3) is 10.8 Å². The van der Waals surface area contributed by atoms with Crippen molar-refractivity contribution in [2.24, 2.45) is 10.4 Å². The minimum atomic E-state index is -0.643. The number of aliphatic imine (C=N–C) groups is 1. The molecule has 3 unspecified atom stereocenters. The molecule has 8 heteroatoms. The number of benzene rings is 2. The summed E-state index contributed by atoms with van der Waals surface area (Å²) in [5, 5.41) is 6.12. The highest BCUT2D eigenvalue weighted by Gasteiger charge is 2.46. The van der Waals surface area contributed by atoms with E-state index in [-0.39, 0.29) is 35.8 Å². The van der Waals surface area contributed by atoms with Gasteiger partial charge in [-0.25, -0.2) is 0 Å². The van der Waals surface area contributed by atoms with Gasteiger partial charge in [-0.15, -0.1) is 0 Å². The summed E-state index contributed by atoms with van der Waals surface area (Å²) >= 11 is 6.94. The van der Waals surface area contributed by atoms with Gasteiger partial charge in [-0.1, -0.05) is 55.8 Å². The Hall–Kier alpha value is -3.97. The molecule has 0 radical (unpaired) electrons. The molecule has 1 amide bonds. The summed E-state index contributed by atoms with van der Waals surface area (Å²) in [6.45, 7) is 6.00. The van der Waals surface area contributed by atoms with Gasteiger partial charge in [-0.05, 0) is 47.1 Å². The zero-order chi connectivity index (χ0) is 28.0. The number of carbonyl (C=O) groups is 2. The van der Waals surface area contributed by atoms with Crippen molar-refractivity contribution in [2.45, 2.75) is 58.3 Å². The molecular weight excluding hydrogens is 524 g/mol. The molecule has 3 aliphatic rings. The highest BCUT2D eigenvalue weighted by atomic mass is 35.5. The van der Waals surface area contributed by atoms with Crippen LogP contribution < -0.4 is 10.1 Å². The van der Waals surface area contributed by atoms with Crippen LogP contribution in [0.4, 0.5) is 0 Å². The molecular formula is C32H31ClN4O3. The van der Waals surface area contributed by atoms with Crippen LogP contribution in [0.1, 0.15) is 50.9 Å². The van der Waals surface area contributed by atoms with Gasteiger partial charge >= 0.3 is 0 Å². The second kappa shape index (κ2) is 10.2. The number of nitrogens with zero attached hydrogens (tertiary/aromatic N) is 3. The number of ketones is 1. The number of pyridine rings is 1. The Bertz CT molecular complexity index is 1600. The van der Waals surface area contributed by atoms with E-state index < -0.39 is 6.04 Å². The smallest absolute Gasteiger partial charge is 0.220 e. The number of rotatable bonds is 4. The molecule has 40 heavy (non-hydrogen) atoms. The molecule has 2 aliphatic heterocycles. The number of fused-ring (bicyclic) bond motifs is 2. The van der Waals surface area contributed by atoms with Crippen LogP contribution in [-0.2, 0) is 16.2 Å². The van der Waals surface area contributed by atoms with E-state index in [9.17, 15) is 9.59 Å². The standard InChI is InChI=1S/C32H31ClN4O3/c1-19(38)37-28-11-12-34-17-26(28)36-25-15-32(2,3)16-29(39)30(25)31(37)23-9-8-21(14-24(23)33)40-18-27-22-7-5-4-6-20(22)10-13-35-27/h4-14,17,26,28,31,36H,15-16,18H2,1-3H3. The van der Waals surface area contributed by atoms with Crippen molar-refractivity contribution in [1.82, 2.24) is 15.2 Å². The largest absolute Gasteiger partial charge is 0.487 e. The minimum absolute atomic E-state index is 0.0213. The van der Waals surface area contributed by atoms with Gasteiger partial charge in [0.15, 0.2) is 5.78 Å². The molecule has 0 saturated carbocycles. The van der Waals surface area contributed by atoms with Gasteiger partial charge in [0.05, 0.1) is 23.8 Å². The van der Waals surface area contributed by atoms with E-state index in [1.165, 1.54) is 6.92 Å². The van der Waals surface area contributed by atoms with Crippen LogP contribution in [0.3, 0.4) is 0 Å². The molecule has 0 saturated heterocycles. The molecule has 3 heterocycles. The van der Waals surface area contributed by atoms with Gasteiger partial charge in [0.25, 0.3) is 0 Å². The summed E-state index contributed by atoms with van der Waals surface area (Å²) in [4.78, 5) is 37.6. The molecule has 2 aromatic carbocycles. The maximum atomic E-state index is 13.7. The van der Waals surface area contributed by atoms with Gasteiger partial charge in [-0.3, -0.25) is 19.6 Å². The van der Waals surface area contributed by atoms with Gasteiger partial charge in [0, 0.05) is 53.6 Å². The fraction of sp³-hybridized carbons (Fsp3) is 0.312. The van der Waals surface area contributed by atoms with Crippen molar-refractivity contribution in [3.63, 3.8) is 0 Å². The fourth-order valence-electron chi connectivity index (χ4n) is 6.14. The number of Topliss-reactive ketones (excluding diaryl/α,β-unsaturated/α-hetero) is 1. The summed E-state index contributed by atoms with van der Waals surface area (Å²) in [6.07, 6.45) is 8.27. The summed E-state index contributed by atoms with van der Waals surface area (Å²) < 4.78 is 6.12. The maximum absolute atomic E-state index is 13.7. The molecule has 3 atom stereocenters. The first-order chi connectivity index (χ1) is 19.2. The Kier molecular flexibility index (Phi) is 6.70. The minimum Gasteiger partial charge on any atom is -0.487 e. The SMILES string of the molecule is CC(=O)N1C(c2ccc(OCc3nccc4ccccc34)cc2Cl)C2=C(CC(C)(C)CC2=O)NC2C=NC=CC21. The summed E-state index contributed by atoms with van der Waals surface area (Å²) in [5.74, 6) is 0.456. The van der Waals surface area contributed by atoms with Crippen LogP contribution >= 0.6 is 11.6 Å². The number of halogens is 1. The lowest BCUT2D eigenvalue weighted by molar-refractivity contribution is -0.132. The first kappa shape index (κ1) is 26.3. The summed E-state index contributed by atoms with van der Waals surface area (Å²) in [6, 6.07) is 14.3. The van der Waals surface area contributed by atoms with Crippen molar-refractivity contribution in [2.75, 3.05) is 0 Å². The molecule has 1 aliphatic carbocycles. The number of allylic oxidation sites excluding steroid dienone is 1. The normalized spacial score (nSPS) is 23.4. The number of aromatic nitrogens is 1. The topological polar surface area (TPSA) is 83.9 Å². The van der Waals surface area contributed by atoms with Gasteiger partial charge < -0.3 is 15.0 Å². The number of carbonyl (C=O) groups excluding carboxylic acids is 2. The Morgan fingerprint density at radius 1 is 1.18 bits per heavy atom. The molecule has 1 aromatic heterocycles. The molecule has 0 fully saturated rings. The molecule has 204 valence electrons. The van der Waals surface area contributed by atoms with Crippen LogP contribution in [0, 0.1) is 5.41 Å². The van der Waals surface area contributed by atoms with E-state index >= 15 is 0 Å². The second-order valence-corrected chi connectivity index (χ2v) is 11.8. The third-order valence-electron chi connectivity index (χ3n) is 7.88. The van der Waals surface area contributed by atoms with E-state index in [4.69, 9.17) is 16.3 Å². The quantitative estimate of drug-likeness (QED) is 0.431. The van der Waals surface area contributed by atoms with E-state index in [1.807, 2.05) is 48.5 Å². The Morgan fingerprint density at radius 3 is 2.80 bits per heavy atom. The zero-order valence-electron chi connectivity index (χ0n) is 22.7. The van der Waals surface area contributed by atoms with Crippen LogP contribution in [0.5, 0.6) is 5.75 Å². The average molecular weight is 555 g/mol. The lowest BCUT2D eigenvalue weighted by atomic mass is 9.73. The molecule has 3 aromatic rings. The van der Waals surface area contributed by atoms with E-state index in [2.05, 4.69) is 29.1 Å². The third kappa shape index (κ3) is 4.79. The number of hydrogen-bond acceptors (Lipinski definition) is 6. The molecule has 0 spiro atoms. The molecule has 7 nitrogen and oxygen atoms in total. The van der Waals surface area contributed by atoms with Gasteiger partial charge in [-0.2, -0.15) is 0 Å². The molecule has 0 bridgehead atoms. The number of ether oxygens (including phenoxy) is 1. The third-order valence-corrected chi connectivity index (χ3v) is 8.21. The number of amides is 1. The monoisotopic (exact) mass is 554 g/mol. The highest BCUT2D eigenvalue weighted by Crippen LogP contribution is 2.46. The maximum Gasteiger partial charge on any atom is 0.220 e. The Labute approximate surface area is 238 Å². The van der Waals surface area contributed by atoms with Gasteiger partial charge in [0.2, 0.25) is 5.91 Å². The number of nitrogens with one attached hydrogen (secondary N) is 1. The van der Waals surface area contributed by atoms with Gasteiger partial charge in [0.1, 0.15) is 12.4 Å². The van der Waals surface area contributed by atoms with Crippen molar-refractivity contribution in [3.8, 4) is 5.75 Å². The van der Waals surface area contributed by atoms with Crippen LogP contribution in [0.2, 0.25) is 5.02 Å². The lowest BCUT2D eigenvalue weighted by Gasteiger charge is -2.39. The molecule has 1 N–H and O–H groups in total. The Morgan fingerprint density at radius 2 is 2.00 bits per heavy atom. The van der Waals surface area contributed by atoms with E-state index in [0.29, 0.717) is 34.8 Å². The predicted molar refractivity (Wildman–Crippen MR) is 156 cm³/mol. The summed E-state index contributed by atoms with van der Waals surface area (Å²) in [7, 11) is 0. The number of hydrogen-bond donors (Lipinski definition) is 1. The predicted octanol–water partition coefficient (Wildman–Crippen LogP) is 5.94. The van der Waals surface area contributed by atoms with Crippen LogP contribution in [0.15, 0.2) is 83.3 Å². The van der Waals surface area contributed by atoms with E-state index in [1.54, 1.807) is 29.6 Å². The van der Waals surface area contributed by atoms with Crippen LogP contribution in [-0.4, -0.2) is 39.9 Å². The zero-order valence-corrected chi connectivity index (χ0v) is 23.5. The highest BCUT2D eigenvalue weighted by molar-refractivity contribution is 6.31.